The highest BCUT2D eigenvalue weighted by Crippen LogP contribution is 2.41. The summed E-state index contributed by atoms with van der Waals surface area (Å²) >= 11 is 0. The molecule has 6 heterocycles. The maximum atomic E-state index is 5.72. The van der Waals surface area contributed by atoms with Crippen molar-refractivity contribution in [2.24, 2.45) is 0 Å². The fraction of sp³-hybridized carbons (Fsp3) is 0. The van der Waals surface area contributed by atoms with Gasteiger partial charge in [0, 0.05) is 43.6 Å². The number of pyridine rings is 1. The summed E-state index contributed by atoms with van der Waals surface area (Å²) in [6.45, 7) is 0. The third-order valence-corrected chi connectivity index (χ3v) is 13.9. The molecule has 9 aromatic carbocycles. The summed E-state index contributed by atoms with van der Waals surface area (Å²) in [7, 11) is 0. The summed E-state index contributed by atoms with van der Waals surface area (Å²) in [4.78, 5) is 11.0. The fourth-order valence-corrected chi connectivity index (χ4v) is 11.1. The van der Waals surface area contributed by atoms with Crippen LogP contribution in [0.25, 0.3) is 127 Å². The summed E-state index contributed by atoms with van der Waals surface area (Å²) in [5.41, 5.74) is 15.2. The molecule has 0 N–H and O–H groups in total. The second-order valence-corrected chi connectivity index (χ2v) is 17.4. The molecule has 0 aliphatic carbocycles. The maximum Gasteiger partial charge on any atom is 0.220 e. The van der Waals surface area contributed by atoms with Crippen LogP contribution in [0.2, 0.25) is 0 Å². The Morgan fingerprint density at radius 1 is 0.284 bits per heavy atom. The van der Waals surface area contributed by atoms with E-state index in [9.17, 15) is 0 Å². The van der Waals surface area contributed by atoms with E-state index in [0.29, 0.717) is 0 Å². The lowest BCUT2D eigenvalue weighted by Crippen LogP contribution is -2.05. The minimum absolute atomic E-state index is 0.828. The number of nitrogens with zero attached hydrogens (tertiary/aromatic N) is 7. The van der Waals surface area contributed by atoms with Gasteiger partial charge in [0.15, 0.2) is 0 Å². The zero-order valence-corrected chi connectivity index (χ0v) is 36.0. The molecule has 7 heteroatoms. The van der Waals surface area contributed by atoms with Gasteiger partial charge in [-0.1, -0.05) is 133 Å². The third-order valence-electron chi connectivity index (χ3n) is 13.9. The third kappa shape index (κ3) is 5.05. The molecule has 0 saturated heterocycles. The standard InChI is InChI=1S/C60H37N7/c1-8-24-48(66-56-31-15-16-32-57(56)67-55-30-14-7-23-47(55)61-60(66)67)40(17-1)38-35-58(64-51-27-11-4-20-43(51)44-21-5-12-28-52(44)64)62-59(36-38)65-53-29-13-6-22-45(53)46-37-39(33-34-54(46)65)63-49-25-9-2-18-41(49)42-19-3-10-26-50(42)63/h1-37H. The van der Waals surface area contributed by atoms with Gasteiger partial charge in [0.2, 0.25) is 5.78 Å². The number of aromatic nitrogens is 7. The van der Waals surface area contributed by atoms with Crippen molar-refractivity contribution in [1.82, 2.24) is 32.6 Å². The van der Waals surface area contributed by atoms with E-state index in [1.54, 1.807) is 0 Å². The van der Waals surface area contributed by atoms with Crippen LogP contribution in [0.1, 0.15) is 0 Å². The van der Waals surface area contributed by atoms with Crippen molar-refractivity contribution >= 4 is 93.3 Å². The van der Waals surface area contributed by atoms with Gasteiger partial charge in [0.25, 0.3) is 0 Å². The van der Waals surface area contributed by atoms with E-state index in [1.807, 2.05) is 0 Å². The number of fused-ring (bicyclic) bond motifs is 14. The Labute approximate surface area is 382 Å². The van der Waals surface area contributed by atoms with Gasteiger partial charge in [-0.2, -0.15) is 0 Å². The van der Waals surface area contributed by atoms with Crippen LogP contribution in [0.3, 0.4) is 0 Å². The van der Waals surface area contributed by atoms with Crippen molar-refractivity contribution in [3.05, 3.63) is 224 Å². The predicted octanol–water partition coefficient (Wildman–Crippen LogP) is 14.8. The molecule has 0 fully saturated rings. The van der Waals surface area contributed by atoms with E-state index in [4.69, 9.17) is 9.97 Å². The van der Waals surface area contributed by atoms with Gasteiger partial charge < -0.3 is 4.57 Å². The highest BCUT2D eigenvalue weighted by atomic mass is 15.2. The fourth-order valence-electron chi connectivity index (χ4n) is 11.1. The summed E-state index contributed by atoms with van der Waals surface area (Å²) in [6.07, 6.45) is 0. The lowest BCUT2D eigenvalue weighted by atomic mass is 10.0. The molecule has 0 aliphatic heterocycles. The van der Waals surface area contributed by atoms with Gasteiger partial charge >= 0.3 is 0 Å². The van der Waals surface area contributed by atoms with Crippen LogP contribution < -0.4 is 0 Å². The second-order valence-electron chi connectivity index (χ2n) is 17.4. The van der Waals surface area contributed by atoms with Crippen LogP contribution in [0.4, 0.5) is 0 Å². The summed E-state index contributed by atoms with van der Waals surface area (Å²) in [5, 5.41) is 7.19. The maximum absolute atomic E-state index is 5.72. The smallest absolute Gasteiger partial charge is 0.220 e. The molecule has 7 nitrogen and oxygen atoms in total. The first-order chi connectivity index (χ1) is 33.3. The van der Waals surface area contributed by atoms with Crippen LogP contribution in [0.5, 0.6) is 0 Å². The Hall–Kier alpha value is -9.20. The van der Waals surface area contributed by atoms with Crippen LogP contribution in [0, 0.1) is 0 Å². The molecule has 0 bridgehead atoms. The number of imidazole rings is 2. The first-order valence-electron chi connectivity index (χ1n) is 22.8. The summed E-state index contributed by atoms with van der Waals surface area (Å²) in [6, 6.07) is 80.7. The number of para-hydroxylation sites is 10. The lowest BCUT2D eigenvalue weighted by molar-refractivity contribution is 1.01. The number of hydrogen-bond acceptors (Lipinski definition) is 2. The van der Waals surface area contributed by atoms with Gasteiger partial charge in [-0.25, -0.2) is 9.97 Å². The van der Waals surface area contributed by atoms with Crippen molar-refractivity contribution in [2.45, 2.75) is 0 Å². The van der Waals surface area contributed by atoms with E-state index in [-0.39, 0.29) is 0 Å². The molecule has 67 heavy (non-hydrogen) atoms. The number of hydrogen-bond donors (Lipinski definition) is 0. The highest BCUT2D eigenvalue weighted by molar-refractivity contribution is 6.13. The first-order valence-corrected chi connectivity index (χ1v) is 22.8. The SMILES string of the molecule is c1ccc(-n2c3ccccc3n3c4ccccc4nc23)c(-c2cc(-n3c4ccccc4c4ccccc43)nc(-n3c4ccccc4c4cc(-n5c6ccccc6c6ccccc65)ccc43)c2)c1. The largest absolute Gasteiger partial charge is 0.309 e. The van der Waals surface area contributed by atoms with Crippen molar-refractivity contribution in [2.75, 3.05) is 0 Å². The van der Waals surface area contributed by atoms with Gasteiger partial charge in [-0.15, -0.1) is 0 Å². The van der Waals surface area contributed by atoms with Crippen LogP contribution in [-0.2, 0) is 0 Å². The van der Waals surface area contributed by atoms with E-state index in [0.717, 1.165) is 89.4 Å². The van der Waals surface area contributed by atoms with Gasteiger partial charge in [0.05, 0.1) is 60.9 Å². The molecule has 0 spiro atoms. The van der Waals surface area contributed by atoms with Crippen LogP contribution in [0.15, 0.2) is 224 Å². The first kappa shape index (κ1) is 36.2. The Kier molecular flexibility index (Phi) is 7.37. The molecular formula is C60H37N7. The predicted molar refractivity (Wildman–Crippen MR) is 276 cm³/mol. The van der Waals surface area contributed by atoms with E-state index >= 15 is 0 Å². The Morgan fingerprint density at radius 2 is 0.716 bits per heavy atom. The molecular weight excluding hydrogens is 819 g/mol. The Bertz CT molecular complexity index is 4430. The number of benzene rings is 9. The monoisotopic (exact) mass is 855 g/mol. The average molecular weight is 856 g/mol. The second kappa shape index (κ2) is 13.7. The van der Waals surface area contributed by atoms with Crippen molar-refractivity contribution in [1.29, 1.82) is 0 Å². The van der Waals surface area contributed by atoms with E-state index < -0.39 is 0 Å². The average Bonchev–Trinajstić information content (AvgIpc) is 4.18. The molecule has 0 unspecified atom stereocenters. The van der Waals surface area contributed by atoms with E-state index in [2.05, 4.69) is 247 Å². The van der Waals surface area contributed by atoms with Gasteiger partial charge in [-0.3, -0.25) is 18.1 Å². The van der Waals surface area contributed by atoms with Crippen molar-refractivity contribution in [3.63, 3.8) is 0 Å². The molecule has 0 atom stereocenters. The van der Waals surface area contributed by atoms with E-state index in [1.165, 1.54) is 38.0 Å². The number of rotatable bonds is 5. The van der Waals surface area contributed by atoms with Crippen molar-refractivity contribution in [3.8, 4) is 34.1 Å². The minimum Gasteiger partial charge on any atom is -0.309 e. The minimum atomic E-state index is 0.828. The highest BCUT2D eigenvalue weighted by Gasteiger charge is 2.23. The quantitative estimate of drug-likeness (QED) is 0.173. The van der Waals surface area contributed by atoms with Gasteiger partial charge in [0.1, 0.15) is 11.6 Å². The normalized spacial score (nSPS) is 12.2. The molecule has 6 aromatic heterocycles. The molecule has 15 aromatic rings. The molecule has 0 aliphatic rings. The zero-order chi connectivity index (χ0) is 43.7. The Balaban J connectivity index is 1.03. The van der Waals surface area contributed by atoms with Crippen molar-refractivity contribution < 1.29 is 0 Å². The molecule has 0 saturated carbocycles. The zero-order valence-electron chi connectivity index (χ0n) is 36.0. The van der Waals surface area contributed by atoms with Crippen LogP contribution in [-0.4, -0.2) is 32.6 Å². The molecule has 312 valence electrons. The molecule has 0 radical (unpaired) electrons. The molecule has 0 amide bonds. The summed E-state index contributed by atoms with van der Waals surface area (Å²) in [5.74, 6) is 2.53. The summed E-state index contributed by atoms with van der Waals surface area (Å²) < 4.78 is 11.7. The topological polar surface area (TPSA) is 49.9 Å². The Morgan fingerprint density at radius 3 is 1.30 bits per heavy atom. The van der Waals surface area contributed by atoms with Crippen LogP contribution >= 0.6 is 0 Å². The molecule has 15 rings (SSSR count). The van der Waals surface area contributed by atoms with Gasteiger partial charge in [-0.05, 0) is 96.6 Å². The lowest BCUT2D eigenvalue weighted by Gasteiger charge is -2.17.